The van der Waals surface area contributed by atoms with E-state index in [9.17, 15) is 19.8 Å². The van der Waals surface area contributed by atoms with Gasteiger partial charge in [0.2, 0.25) is 0 Å². The van der Waals surface area contributed by atoms with Gasteiger partial charge in [-0.3, -0.25) is 14.2 Å². The SMILES string of the molecule is CC[C@H](C)C(C(=O)O)c1c(C)n(C(=O)c2ccc(C)cc2)c2cc(Cl)c(O)cc12. The summed E-state index contributed by atoms with van der Waals surface area (Å²) < 4.78 is 1.50. The molecule has 1 unspecified atom stereocenters. The number of halogens is 1. The molecule has 3 rings (SSSR count). The second-order valence-electron chi connectivity index (χ2n) is 7.53. The monoisotopic (exact) mass is 413 g/mol. The maximum Gasteiger partial charge on any atom is 0.311 e. The molecule has 0 fully saturated rings. The molecule has 1 aromatic heterocycles. The van der Waals surface area contributed by atoms with E-state index in [1.807, 2.05) is 32.9 Å². The summed E-state index contributed by atoms with van der Waals surface area (Å²) in [6.45, 7) is 7.49. The van der Waals surface area contributed by atoms with E-state index < -0.39 is 11.9 Å². The molecule has 2 aromatic carbocycles. The summed E-state index contributed by atoms with van der Waals surface area (Å²) >= 11 is 6.13. The number of rotatable bonds is 5. The first kappa shape index (κ1) is 20.9. The number of fused-ring (bicyclic) bond motifs is 1. The van der Waals surface area contributed by atoms with Gasteiger partial charge in [0.15, 0.2) is 0 Å². The van der Waals surface area contributed by atoms with Gasteiger partial charge >= 0.3 is 5.97 Å². The Balaban J connectivity index is 2.35. The van der Waals surface area contributed by atoms with Gasteiger partial charge in [0.05, 0.1) is 16.5 Å². The van der Waals surface area contributed by atoms with Crippen molar-refractivity contribution in [1.82, 2.24) is 4.57 Å². The highest BCUT2D eigenvalue weighted by atomic mass is 35.5. The highest BCUT2D eigenvalue weighted by Crippen LogP contribution is 2.40. The highest BCUT2D eigenvalue weighted by molar-refractivity contribution is 6.33. The third kappa shape index (κ3) is 3.62. The van der Waals surface area contributed by atoms with E-state index in [0.717, 1.165) is 5.56 Å². The van der Waals surface area contributed by atoms with Gasteiger partial charge in [-0.25, -0.2) is 0 Å². The van der Waals surface area contributed by atoms with E-state index in [2.05, 4.69) is 0 Å². The van der Waals surface area contributed by atoms with Crippen LogP contribution in [-0.4, -0.2) is 26.7 Å². The number of hydrogen-bond donors (Lipinski definition) is 2. The number of phenolic OH excluding ortho intramolecular Hbond substituents is 1. The molecular weight excluding hydrogens is 390 g/mol. The van der Waals surface area contributed by atoms with Crippen molar-refractivity contribution in [2.75, 3.05) is 0 Å². The maximum absolute atomic E-state index is 13.3. The number of aryl methyl sites for hydroxylation is 1. The lowest BCUT2D eigenvalue weighted by Crippen LogP contribution is -2.21. The smallest absolute Gasteiger partial charge is 0.311 e. The number of aliphatic carboxylic acids is 1. The van der Waals surface area contributed by atoms with Crippen LogP contribution in [0.15, 0.2) is 36.4 Å². The first-order valence-corrected chi connectivity index (χ1v) is 9.92. The summed E-state index contributed by atoms with van der Waals surface area (Å²) in [5.41, 5.74) is 3.09. The van der Waals surface area contributed by atoms with Gasteiger partial charge in [0.25, 0.3) is 5.91 Å². The van der Waals surface area contributed by atoms with Crippen LogP contribution in [0.4, 0.5) is 0 Å². The van der Waals surface area contributed by atoms with Crippen LogP contribution in [0, 0.1) is 19.8 Å². The van der Waals surface area contributed by atoms with Gasteiger partial charge in [-0.05, 0) is 49.6 Å². The molecule has 5 nitrogen and oxygen atoms in total. The predicted octanol–water partition coefficient (Wildman–Crippen LogP) is 5.52. The Morgan fingerprint density at radius 3 is 2.31 bits per heavy atom. The average molecular weight is 414 g/mol. The summed E-state index contributed by atoms with van der Waals surface area (Å²) in [6.07, 6.45) is 0.661. The number of phenols is 1. The topological polar surface area (TPSA) is 79.5 Å². The van der Waals surface area contributed by atoms with E-state index in [-0.39, 0.29) is 22.6 Å². The Kier molecular flexibility index (Phi) is 5.71. The minimum atomic E-state index is -0.960. The molecule has 0 bridgehead atoms. The largest absolute Gasteiger partial charge is 0.506 e. The number of carboxylic acid groups (broad SMARTS) is 1. The molecular formula is C23H24ClNO4. The number of hydrogen-bond acceptors (Lipinski definition) is 3. The molecule has 29 heavy (non-hydrogen) atoms. The van der Waals surface area contributed by atoms with Crippen LogP contribution in [0.5, 0.6) is 5.75 Å². The molecule has 2 atom stereocenters. The van der Waals surface area contributed by atoms with Crippen LogP contribution in [0.2, 0.25) is 5.02 Å². The van der Waals surface area contributed by atoms with E-state index >= 15 is 0 Å². The minimum absolute atomic E-state index is 0.106. The van der Waals surface area contributed by atoms with Crippen LogP contribution in [0.1, 0.15) is 53.4 Å². The molecule has 2 N–H and O–H groups in total. The third-order valence-electron chi connectivity index (χ3n) is 5.61. The summed E-state index contributed by atoms with van der Waals surface area (Å²) in [5.74, 6) is -2.34. The second-order valence-corrected chi connectivity index (χ2v) is 7.94. The summed E-state index contributed by atoms with van der Waals surface area (Å²) in [7, 11) is 0. The molecule has 0 saturated carbocycles. The van der Waals surface area contributed by atoms with E-state index in [4.69, 9.17) is 11.6 Å². The highest BCUT2D eigenvalue weighted by Gasteiger charge is 2.33. The summed E-state index contributed by atoms with van der Waals surface area (Å²) in [4.78, 5) is 25.5. The quantitative estimate of drug-likeness (QED) is 0.577. The van der Waals surface area contributed by atoms with Crippen molar-refractivity contribution in [2.45, 2.75) is 40.0 Å². The molecule has 0 saturated heterocycles. The van der Waals surface area contributed by atoms with Crippen molar-refractivity contribution in [2.24, 2.45) is 5.92 Å². The molecule has 1 heterocycles. The van der Waals surface area contributed by atoms with Gasteiger partial charge in [-0.15, -0.1) is 0 Å². The molecule has 0 spiro atoms. The molecule has 0 aliphatic carbocycles. The van der Waals surface area contributed by atoms with Crippen LogP contribution in [-0.2, 0) is 4.79 Å². The Bertz CT molecular complexity index is 1100. The van der Waals surface area contributed by atoms with Crippen molar-refractivity contribution >= 4 is 34.4 Å². The fourth-order valence-electron chi connectivity index (χ4n) is 3.81. The number of aromatic nitrogens is 1. The standard InChI is InChI=1S/C23H24ClNO4/c1-5-13(3)20(23(28)29)21-14(4)25(18-11-17(24)19(26)10-16(18)21)22(27)15-8-6-12(2)7-9-15/h6-11,13,20,26H,5H2,1-4H3,(H,28,29)/t13-,20?/m0/s1. The first-order valence-electron chi connectivity index (χ1n) is 9.54. The van der Waals surface area contributed by atoms with E-state index in [1.54, 1.807) is 19.1 Å². The molecule has 3 aromatic rings. The molecule has 0 radical (unpaired) electrons. The van der Waals surface area contributed by atoms with Crippen molar-refractivity contribution < 1.29 is 19.8 Å². The second kappa shape index (κ2) is 7.91. The van der Waals surface area contributed by atoms with E-state index in [1.165, 1.54) is 16.7 Å². The lowest BCUT2D eigenvalue weighted by molar-refractivity contribution is -0.140. The maximum atomic E-state index is 13.3. The summed E-state index contributed by atoms with van der Waals surface area (Å²) in [5, 5.41) is 20.8. The molecule has 0 aliphatic rings. The van der Waals surface area contributed by atoms with Crippen LogP contribution < -0.4 is 0 Å². The van der Waals surface area contributed by atoms with Gasteiger partial charge in [-0.2, -0.15) is 0 Å². The van der Waals surface area contributed by atoms with Crippen molar-refractivity contribution in [1.29, 1.82) is 0 Å². The number of carbonyl (C=O) groups excluding carboxylic acids is 1. The van der Waals surface area contributed by atoms with Crippen molar-refractivity contribution in [3.63, 3.8) is 0 Å². The van der Waals surface area contributed by atoms with Crippen LogP contribution in [0.25, 0.3) is 10.9 Å². The van der Waals surface area contributed by atoms with Gasteiger partial charge in [-0.1, -0.05) is 49.6 Å². The molecule has 152 valence electrons. The van der Waals surface area contributed by atoms with Gasteiger partial charge in [0.1, 0.15) is 5.75 Å². The zero-order chi connectivity index (χ0) is 21.5. The lowest BCUT2D eigenvalue weighted by atomic mass is 9.84. The third-order valence-corrected chi connectivity index (χ3v) is 5.92. The number of aromatic hydroxyl groups is 1. The molecule has 6 heteroatoms. The number of carbonyl (C=O) groups is 2. The van der Waals surface area contributed by atoms with Crippen LogP contribution >= 0.6 is 11.6 Å². The van der Waals surface area contributed by atoms with Gasteiger partial charge in [0, 0.05) is 16.6 Å². The fourth-order valence-corrected chi connectivity index (χ4v) is 3.97. The normalized spacial score (nSPS) is 13.4. The number of carboxylic acids is 1. The fraction of sp³-hybridized carbons (Fsp3) is 0.304. The molecule has 0 aliphatic heterocycles. The van der Waals surface area contributed by atoms with Crippen LogP contribution in [0.3, 0.4) is 0 Å². The zero-order valence-electron chi connectivity index (χ0n) is 16.9. The Morgan fingerprint density at radius 1 is 1.14 bits per heavy atom. The number of nitrogens with zero attached hydrogens (tertiary/aromatic N) is 1. The lowest BCUT2D eigenvalue weighted by Gasteiger charge is -2.20. The Labute approximate surface area is 174 Å². The zero-order valence-corrected chi connectivity index (χ0v) is 17.6. The number of benzene rings is 2. The average Bonchev–Trinajstić information content (AvgIpc) is 2.93. The first-order chi connectivity index (χ1) is 13.7. The van der Waals surface area contributed by atoms with Crippen molar-refractivity contribution in [3.05, 3.63) is 63.8 Å². The van der Waals surface area contributed by atoms with E-state index in [0.29, 0.717) is 34.1 Å². The Morgan fingerprint density at radius 2 is 1.76 bits per heavy atom. The van der Waals surface area contributed by atoms with Gasteiger partial charge < -0.3 is 10.2 Å². The predicted molar refractivity (Wildman–Crippen MR) is 114 cm³/mol. The Hall–Kier alpha value is -2.79. The summed E-state index contributed by atoms with van der Waals surface area (Å²) in [6, 6.07) is 10.2. The van der Waals surface area contributed by atoms with Crippen molar-refractivity contribution in [3.8, 4) is 5.75 Å². The molecule has 0 amide bonds. The minimum Gasteiger partial charge on any atom is -0.506 e.